The Hall–Kier alpha value is -1.21. The quantitative estimate of drug-likeness (QED) is 0.592. The van der Waals surface area contributed by atoms with Crippen LogP contribution < -0.4 is 0 Å². The van der Waals surface area contributed by atoms with Gasteiger partial charge in [0.05, 0.1) is 6.61 Å². The van der Waals surface area contributed by atoms with Gasteiger partial charge in [0.25, 0.3) is 0 Å². The Balaban J connectivity index is 0.00000106. The van der Waals surface area contributed by atoms with Crippen LogP contribution >= 0.6 is 0 Å². The smallest absolute Gasteiger partial charge is 0.432 e. The first-order valence-corrected chi connectivity index (χ1v) is 5.50. The molecule has 1 rings (SSSR count). The minimum atomic E-state index is -0.654. The van der Waals surface area contributed by atoms with E-state index in [0.29, 0.717) is 5.92 Å². The van der Waals surface area contributed by atoms with Gasteiger partial charge >= 0.3 is 6.16 Å². The van der Waals surface area contributed by atoms with E-state index in [1.165, 1.54) is 6.42 Å². The highest BCUT2D eigenvalue weighted by Gasteiger charge is 2.22. The molecular formula is C12H20O4. The SMILES string of the molecule is C#C.C[C@@H]1CCC[C@H](OC(=O)OCCO)C1. The summed E-state index contributed by atoms with van der Waals surface area (Å²) in [5.74, 6) is 0.624. The van der Waals surface area contributed by atoms with Crippen molar-refractivity contribution in [3.05, 3.63) is 0 Å². The molecule has 4 heteroatoms. The largest absolute Gasteiger partial charge is 0.508 e. The number of hydrogen-bond acceptors (Lipinski definition) is 4. The number of carbonyl (C=O) groups excluding carboxylic acids is 1. The molecule has 0 aromatic heterocycles. The average Bonchev–Trinajstić information content (AvgIpc) is 2.29. The zero-order chi connectivity index (χ0) is 12.4. The second kappa shape index (κ2) is 9.05. The van der Waals surface area contributed by atoms with Crippen molar-refractivity contribution in [3.63, 3.8) is 0 Å². The van der Waals surface area contributed by atoms with E-state index in [2.05, 4.69) is 24.5 Å². The number of rotatable bonds is 3. The fraction of sp³-hybridized carbons (Fsp3) is 0.750. The first-order valence-electron chi connectivity index (χ1n) is 5.50. The van der Waals surface area contributed by atoms with Crippen molar-refractivity contribution in [2.24, 2.45) is 5.92 Å². The Morgan fingerprint density at radius 3 is 2.69 bits per heavy atom. The van der Waals surface area contributed by atoms with Crippen LogP contribution in [0, 0.1) is 18.8 Å². The van der Waals surface area contributed by atoms with Crippen molar-refractivity contribution < 1.29 is 19.4 Å². The third-order valence-electron chi connectivity index (χ3n) is 2.46. The zero-order valence-corrected chi connectivity index (χ0v) is 9.72. The van der Waals surface area contributed by atoms with E-state index in [0.717, 1.165) is 19.3 Å². The molecule has 0 amide bonds. The Morgan fingerprint density at radius 1 is 1.44 bits per heavy atom. The van der Waals surface area contributed by atoms with Crippen LogP contribution in [-0.2, 0) is 9.47 Å². The van der Waals surface area contributed by atoms with Gasteiger partial charge in [-0.25, -0.2) is 4.79 Å². The van der Waals surface area contributed by atoms with E-state index in [1.54, 1.807) is 0 Å². The van der Waals surface area contributed by atoms with Crippen LogP contribution in [0.15, 0.2) is 0 Å². The summed E-state index contributed by atoms with van der Waals surface area (Å²) in [6.45, 7) is 2.02. The molecule has 0 unspecified atom stereocenters. The maximum absolute atomic E-state index is 11.0. The highest BCUT2D eigenvalue weighted by atomic mass is 16.7. The van der Waals surface area contributed by atoms with Crippen molar-refractivity contribution in [3.8, 4) is 12.8 Å². The van der Waals surface area contributed by atoms with E-state index >= 15 is 0 Å². The van der Waals surface area contributed by atoms with Gasteiger partial charge in [-0.3, -0.25) is 0 Å². The molecule has 16 heavy (non-hydrogen) atoms. The standard InChI is InChI=1S/C10H18O4.C2H2/c1-8-3-2-4-9(7-8)14-10(12)13-6-5-11;1-2/h8-9,11H,2-7H2,1H3;1-2H/t8-,9+;/m1./s1. The topological polar surface area (TPSA) is 55.8 Å². The normalized spacial score (nSPS) is 23.8. The van der Waals surface area contributed by atoms with Crippen molar-refractivity contribution in [1.29, 1.82) is 0 Å². The molecule has 0 spiro atoms. The number of ether oxygens (including phenoxy) is 2. The summed E-state index contributed by atoms with van der Waals surface area (Å²) < 4.78 is 9.71. The summed E-state index contributed by atoms with van der Waals surface area (Å²) in [5, 5.41) is 8.43. The predicted molar refractivity (Wildman–Crippen MR) is 60.8 cm³/mol. The van der Waals surface area contributed by atoms with Gasteiger partial charge in [0.2, 0.25) is 0 Å². The number of aliphatic hydroxyl groups is 1. The number of carbonyl (C=O) groups is 1. The maximum atomic E-state index is 11.0. The third-order valence-corrected chi connectivity index (χ3v) is 2.46. The van der Waals surface area contributed by atoms with Gasteiger partial charge in [-0.15, -0.1) is 12.8 Å². The molecule has 0 aromatic carbocycles. The van der Waals surface area contributed by atoms with Crippen LogP contribution in [-0.4, -0.2) is 30.6 Å². The molecule has 0 aromatic rings. The van der Waals surface area contributed by atoms with Gasteiger partial charge in [-0.2, -0.15) is 0 Å². The van der Waals surface area contributed by atoms with E-state index in [4.69, 9.17) is 9.84 Å². The summed E-state index contributed by atoms with van der Waals surface area (Å²) in [6, 6.07) is 0. The fourth-order valence-corrected chi connectivity index (χ4v) is 1.78. The van der Waals surface area contributed by atoms with E-state index in [9.17, 15) is 4.79 Å². The second-order valence-corrected chi connectivity index (χ2v) is 3.83. The Labute approximate surface area is 96.9 Å². The molecule has 1 aliphatic carbocycles. The summed E-state index contributed by atoms with van der Waals surface area (Å²) in [5.41, 5.74) is 0. The maximum Gasteiger partial charge on any atom is 0.508 e. The second-order valence-electron chi connectivity index (χ2n) is 3.83. The molecule has 0 radical (unpaired) electrons. The molecule has 0 bridgehead atoms. The van der Waals surface area contributed by atoms with Crippen molar-refractivity contribution in [2.75, 3.05) is 13.2 Å². The van der Waals surface area contributed by atoms with Crippen LogP contribution in [0.2, 0.25) is 0 Å². The predicted octanol–water partition coefficient (Wildman–Crippen LogP) is 1.96. The van der Waals surface area contributed by atoms with Gasteiger partial charge in [-0.1, -0.05) is 13.3 Å². The molecule has 2 atom stereocenters. The average molecular weight is 228 g/mol. The molecule has 0 saturated heterocycles. The highest BCUT2D eigenvalue weighted by molar-refractivity contribution is 5.60. The van der Waals surface area contributed by atoms with Crippen LogP contribution in [0.5, 0.6) is 0 Å². The Kier molecular flexibility index (Phi) is 8.36. The summed E-state index contributed by atoms with van der Waals surface area (Å²) in [6.07, 6.45) is 11.5. The molecule has 1 N–H and O–H groups in total. The van der Waals surface area contributed by atoms with Crippen molar-refractivity contribution in [1.82, 2.24) is 0 Å². The molecule has 0 aliphatic heterocycles. The zero-order valence-electron chi connectivity index (χ0n) is 9.72. The minimum absolute atomic E-state index is 0.00458. The van der Waals surface area contributed by atoms with Crippen LogP contribution in [0.1, 0.15) is 32.6 Å². The molecule has 1 fully saturated rings. The van der Waals surface area contributed by atoms with E-state index in [1.807, 2.05) is 0 Å². The van der Waals surface area contributed by atoms with Gasteiger partial charge < -0.3 is 14.6 Å². The number of aliphatic hydroxyl groups excluding tert-OH is 1. The monoisotopic (exact) mass is 228 g/mol. The highest BCUT2D eigenvalue weighted by Crippen LogP contribution is 2.25. The van der Waals surface area contributed by atoms with Gasteiger partial charge in [0.1, 0.15) is 12.7 Å². The number of terminal acetylenes is 1. The lowest BCUT2D eigenvalue weighted by atomic mass is 9.89. The minimum Gasteiger partial charge on any atom is -0.432 e. The molecular weight excluding hydrogens is 208 g/mol. The van der Waals surface area contributed by atoms with E-state index < -0.39 is 6.16 Å². The summed E-state index contributed by atoms with van der Waals surface area (Å²) in [7, 11) is 0. The van der Waals surface area contributed by atoms with Gasteiger partial charge in [-0.05, 0) is 25.2 Å². The fourth-order valence-electron chi connectivity index (χ4n) is 1.78. The first-order chi connectivity index (χ1) is 7.72. The Morgan fingerprint density at radius 2 is 2.12 bits per heavy atom. The van der Waals surface area contributed by atoms with Gasteiger partial charge in [0.15, 0.2) is 0 Å². The lowest BCUT2D eigenvalue weighted by Gasteiger charge is -2.25. The molecule has 92 valence electrons. The van der Waals surface area contributed by atoms with E-state index in [-0.39, 0.29) is 19.3 Å². The number of hydrogen-bond donors (Lipinski definition) is 1. The Bertz CT molecular complexity index is 212. The molecule has 1 saturated carbocycles. The lowest BCUT2D eigenvalue weighted by Crippen LogP contribution is -2.25. The summed E-state index contributed by atoms with van der Waals surface area (Å²) in [4.78, 5) is 11.0. The molecule has 0 heterocycles. The van der Waals surface area contributed by atoms with Crippen molar-refractivity contribution in [2.45, 2.75) is 38.7 Å². The van der Waals surface area contributed by atoms with Crippen LogP contribution in [0.25, 0.3) is 0 Å². The van der Waals surface area contributed by atoms with Gasteiger partial charge in [0, 0.05) is 0 Å². The lowest BCUT2D eigenvalue weighted by molar-refractivity contribution is -0.00160. The van der Waals surface area contributed by atoms with Crippen molar-refractivity contribution >= 4 is 6.16 Å². The molecule has 4 nitrogen and oxygen atoms in total. The first kappa shape index (κ1) is 14.8. The summed E-state index contributed by atoms with van der Waals surface area (Å²) >= 11 is 0. The van der Waals surface area contributed by atoms with Crippen LogP contribution in [0.3, 0.4) is 0 Å². The van der Waals surface area contributed by atoms with Crippen LogP contribution in [0.4, 0.5) is 4.79 Å². The molecule has 1 aliphatic rings. The third kappa shape index (κ3) is 6.31.